The molecule has 1 aliphatic carbocycles. The maximum atomic E-state index is 12.3. The first-order valence-electron chi connectivity index (χ1n) is 7.26. The second kappa shape index (κ2) is 5.90. The lowest BCUT2D eigenvalue weighted by Gasteiger charge is -2.37. The largest absolute Gasteiger partial charge is 0.481 e. The summed E-state index contributed by atoms with van der Waals surface area (Å²) in [5.74, 6) is -1.04. The average molecular weight is 268 g/mol. The van der Waals surface area contributed by atoms with Crippen LogP contribution in [-0.4, -0.2) is 47.6 Å². The van der Waals surface area contributed by atoms with Gasteiger partial charge in [0.15, 0.2) is 0 Å². The number of carbonyl (C=O) groups excluding carboxylic acids is 1. The van der Waals surface area contributed by atoms with E-state index in [9.17, 15) is 9.59 Å². The van der Waals surface area contributed by atoms with Gasteiger partial charge in [0.05, 0.1) is 5.92 Å². The third kappa shape index (κ3) is 3.26. The quantitative estimate of drug-likeness (QED) is 0.804. The second-order valence-corrected chi connectivity index (χ2v) is 5.93. The summed E-state index contributed by atoms with van der Waals surface area (Å²) >= 11 is 0. The van der Waals surface area contributed by atoms with Crippen LogP contribution in [0.4, 0.5) is 0 Å². The predicted molar refractivity (Wildman–Crippen MR) is 71.8 cm³/mol. The molecule has 108 valence electrons. The Hall–Kier alpha value is -1.10. The normalized spacial score (nSPS) is 26.4. The Morgan fingerprint density at radius 3 is 2.53 bits per heavy atom. The molecule has 2 N–H and O–H groups in total. The lowest BCUT2D eigenvalue weighted by molar-refractivity contribution is -0.141. The minimum atomic E-state index is -0.781. The minimum absolute atomic E-state index is 0.0589. The van der Waals surface area contributed by atoms with Crippen LogP contribution in [0.1, 0.15) is 44.9 Å². The SMILES string of the molecule is CNC1(CC(=O)N2CCC(C(=O)O)C2)CCCCC1. The average Bonchev–Trinajstić information content (AvgIpc) is 2.89. The van der Waals surface area contributed by atoms with Crippen molar-refractivity contribution in [3.63, 3.8) is 0 Å². The number of amides is 1. The third-order valence-electron chi connectivity index (χ3n) is 4.72. The highest BCUT2D eigenvalue weighted by Crippen LogP contribution is 2.32. The zero-order valence-electron chi connectivity index (χ0n) is 11.7. The zero-order valence-corrected chi connectivity index (χ0v) is 11.7. The van der Waals surface area contributed by atoms with Gasteiger partial charge in [-0.3, -0.25) is 9.59 Å². The molecule has 1 unspecified atom stereocenters. The van der Waals surface area contributed by atoms with Crippen molar-refractivity contribution in [2.24, 2.45) is 5.92 Å². The number of nitrogens with zero attached hydrogens (tertiary/aromatic N) is 1. The fourth-order valence-corrected chi connectivity index (χ4v) is 3.33. The molecule has 1 saturated heterocycles. The standard InChI is InChI=1S/C14H24N2O3/c1-15-14(6-3-2-4-7-14)9-12(17)16-8-5-11(10-16)13(18)19/h11,15H,2-10H2,1H3,(H,18,19). The summed E-state index contributed by atoms with van der Waals surface area (Å²) < 4.78 is 0. The summed E-state index contributed by atoms with van der Waals surface area (Å²) in [6.07, 6.45) is 6.79. The highest BCUT2D eigenvalue weighted by Gasteiger charge is 2.37. The molecule has 5 heteroatoms. The van der Waals surface area contributed by atoms with Gasteiger partial charge in [0.25, 0.3) is 0 Å². The monoisotopic (exact) mass is 268 g/mol. The minimum Gasteiger partial charge on any atom is -0.481 e. The molecule has 1 amide bonds. The summed E-state index contributed by atoms with van der Waals surface area (Å²) in [6.45, 7) is 0.976. The molecule has 1 aliphatic heterocycles. The molecule has 0 spiro atoms. The molecule has 19 heavy (non-hydrogen) atoms. The Morgan fingerprint density at radius 2 is 2.00 bits per heavy atom. The number of nitrogens with one attached hydrogen (secondary N) is 1. The second-order valence-electron chi connectivity index (χ2n) is 5.93. The molecule has 0 aromatic rings. The van der Waals surface area contributed by atoms with Crippen LogP contribution in [0.15, 0.2) is 0 Å². The molecule has 1 atom stereocenters. The molecule has 1 heterocycles. The van der Waals surface area contributed by atoms with Crippen LogP contribution in [-0.2, 0) is 9.59 Å². The van der Waals surface area contributed by atoms with Gasteiger partial charge in [0.2, 0.25) is 5.91 Å². The molecule has 2 fully saturated rings. The van der Waals surface area contributed by atoms with Gasteiger partial charge >= 0.3 is 5.97 Å². The summed E-state index contributed by atoms with van der Waals surface area (Å²) in [5.41, 5.74) is -0.0589. The Labute approximate surface area is 114 Å². The molecular formula is C14H24N2O3. The van der Waals surface area contributed by atoms with Crippen molar-refractivity contribution < 1.29 is 14.7 Å². The van der Waals surface area contributed by atoms with Gasteiger partial charge in [-0.1, -0.05) is 19.3 Å². The first-order valence-corrected chi connectivity index (χ1v) is 7.26. The fraction of sp³-hybridized carbons (Fsp3) is 0.857. The van der Waals surface area contributed by atoms with E-state index in [4.69, 9.17) is 5.11 Å². The van der Waals surface area contributed by atoms with Crippen molar-refractivity contribution in [2.75, 3.05) is 20.1 Å². The van der Waals surface area contributed by atoms with Crippen molar-refractivity contribution in [1.29, 1.82) is 0 Å². The smallest absolute Gasteiger partial charge is 0.308 e. The Balaban J connectivity index is 1.91. The summed E-state index contributed by atoms with van der Waals surface area (Å²) in [6, 6.07) is 0. The van der Waals surface area contributed by atoms with E-state index in [1.807, 2.05) is 7.05 Å². The van der Waals surface area contributed by atoms with Crippen LogP contribution < -0.4 is 5.32 Å². The number of aliphatic carboxylic acids is 1. The Morgan fingerprint density at radius 1 is 1.32 bits per heavy atom. The van der Waals surface area contributed by atoms with E-state index in [2.05, 4.69) is 5.32 Å². The molecule has 0 aromatic heterocycles. The maximum Gasteiger partial charge on any atom is 0.308 e. The Bertz CT molecular complexity index is 351. The van der Waals surface area contributed by atoms with E-state index in [0.717, 1.165) is 12.8 Å². The highest BCUT2D eigenvalue weighted by atomic mass is 16.4. The molecule has 2 rings (SSSR count). The summed E-state index contributed by atoms with van der Waals surface area (Å²) in [4.78, 5) is 25.0. The van der Waals surface area contributed by atoms with Gasteiger partial charge in [-0.15, -0.1) is 0 Å². The first kappa shape index (κ1) is 14.3. The maximum absolute atomic E-state index is 12.3. The summed E-state index contributed by atoms with van der Waals surface area (Å²) in [5, 5.41) is 12.3. The number of likely N-dealkylation sites (tertiary alicyclic amines) is 1. The van der Waals surface area contributed by atoms with Crippen LogP contribution in [0.3, 0.4) is 0 Å². The van der Waals surface area contributed by atoms with Gasteiger partial charge in [0.1, 0.15) is 0 Å². The van der Waals surface area contributed by atoms with Gasteiger partial charge in [0, 0.05) is 25.0 Å². The van der Waals surface area contributed by atoms with Gasteiger partial charge in [-0.25, -0.2) is 0 Å². The van der Waals surface area contributed by atoms with Gasteiger partial charge in [-0.2, -0.15) is 0 Å². The number of hydrogen-bond acceptors (Lipinski definition) is 3. The van der Waals surface area contributed by atoms with Crippen LogP contribution in [0, 0.1) is 5.92 Å². The third-order valence-corrected chi connectivity index (χ3v) is 4.72. The van der Waals surface area contributed by atoms with Crippen LogP contribution in [0.25, 0.3) is 0 Å². The number of rotatable bonds is 4. The topological polar surface area (TPSA) is 69.6 Å². The van der Waals surface area contributed by atoms with Gasteiger partial charge < -0.3 is 15.3 Å². The molecule has 2 aliphatic rings. The molecule has 0 aromatic carbocycles. The lowest BCUT2D eigenvalue weighted by Crippen LogP contribution is -2.48. The molecule has 0 radical (unpaired) electrons. The van der Waals surface area contributed by atoms with E-state index in [0.29, 0.717) is 25.9 Å². The number of carboxylic acid groups (broad SMARTS) is 1. The molecule has 1 saturated carbocycles. The first-order chi connectivity index (χ1) is 9.06. The van der Waals surface area contributed by atoms with E-state index in [1.54, 1.807) is 4.90 Å². The highest BCUT2D eigenvalue weighted by molar-refractivity contribution is 5.79. The number of hydrogen-bond donors (Lipinski definition) is 2. The van der Waals surface area contributed by atoms with Crippen molar-refractivity contribution in [1.82, 2.24) is 10.2 Å². The zero-order chi connectivity index (χ0) is 13.9. The van der Waals surface area contributed by atoms with E-state index < -0.39 is 5.97 Å². The fourth-order valence-electron chi connectivity index (χ4n) is 3.33. The molecule has 0 bridgehead atoms. The van der Waals surface area contributed by atoms with Crippen molar-refractivity contribution in [3.05, 3.63) is 0 Å². The summed E-state index contributed by atoms with van der Waals surface area (Å²) in [7, 11) is 1.93. The van der Waals surface area contributed by atoms with E-state index in [1.165, 1.54) is 19.3 Å². The van der Waals surface area contributed by atoms with Crippen LogP contribution in [0.5, 0.6) is 0 Å². The molecular weight excluding hydrogens is 244 g/mol. The van der Waals surface area contributed by atoms with Crippen molar-refractivity contribution in [3.8, 4) is 0 Å². The predicted octanol–water partition coefficient (Wildman–Crippen LogP) is 1.23. The number of carbonyl (C=O) groups is 2. The van der Waals surface area contributed by atoms with Crippen LogP contribution in [0.2, 0.25) is 0 Å². The number of carboxylic acids is 1. The Kier molecular flexibility index (Phi) is 4.45. The van der Waals surface area contributed by atoms with Crippen molar-refractivity contribution in [2.45, 2.75) is 50.5 Å². The lowest BCUT2D eigenvalue weighted by atomic mass is 9.79. The molecule has 5 nitrogen and oxygen atoms in total. The van der Waals surface area contributed by atoms with E-state index in [-0.39, 0.29) is 17.4 Å². The van der Waals surface area contributed by atoms with E-state index >= 15 is 0 Å². The van der Waals surface area contributed by atoms with Gasteiger partial charge in [-0.05, 0) is 26.3 Å². The van der Waals surface area contributed by atoms with Crippen LogP contribution >= 0.6 is 0 Å². The van der Waals surface area contributed by atoms with Crippen molar-refractivity contribution >= 4 is 11.9 Å².